The number of benzene rings is 2. The van der Waals surface area contributed by atoms with E-state index < -0.39 is 29.4 Å². The number of carbonyl (C=O) groups is 2. The normalized spacial score (nSPS) is 20.5. The summed E-state index contributed by atoms with van der Waals surface area (Å²) in [7, 11) is 0. The molecular weight excluding hydrogens is 375 g/mol. The van der Waals surface area contributed by atoms with Gasteiger partial charge in [0.25, 0.3) is 5.91 Å². The Morgan fingerprint density at radius 1 is 1.22 bits per heavy atom. The molecule has 0 bridgehead atoms. The predicted molar refractivity (Wildman–Crippen MR) is 97.0 cm³/mol. The predicted octanol–water partition coefficient (Wildman–Crippen LogP) is 2.69. The number of aliphatic hydroxyl groups excluding tert-OH is 1. The van der Waals surface area contributed by atoms with Crippen molar-refractivity contribution in [1.29, 1.82) is 0 Å². The first-order valence-electron chi connectivity index (χ1n) is 8.27. The largest absolute Gasteiger partial charge is 0.488 e. The third-order valence-corrected chi connectivity index (χ3v) is 4.61. The summed E-state index contributed by atoms with van der Waals surface area (Å²) in [5, 5.41) is 13.3. The van der Waals surface area contributed by atoms with E-state index in [-0.39, 0.29) is 18.9 Å². The first-order chi connectivity index (χ1) is 12.8. The summed E-state index contributed by atoms with van der Waals surface area (Å²) in [6, 6.07) is 11.7. The van der Waals surface area contributed by atoms with E-state index in [0.717, 1.165) is 4.90 Å². The molecule has 0 radical (unpaired) electrons. The molecule has 1 heterocycles. The molecule has 3 amide bonds. The van der Waals surface area contributed by atoms with Crippen molar-refractivity contribution in [3.63, 3.8) is 0 Å². The number of carbonyl (C=O) groups excluding carboxylic acids is 2. The van der Waals surface area contributed by atoms with Gasteiger partial charge in [0.05, 0.1) is 6.54 Å². The molecule has 1 aliphatic rings. The molecule has 1 saturated heterocycles. The first-order valence-corrected chi connectivity index (χ1v) is 8.64. The molecular formula is C19H18ClFN2O4. The van der Waals surface area contributed by atoms with Crippen LogP contribution in [0, 0.1) is 5.82 Å². The molecule has 2 atom stereocenters. The van der Waals surface area contributed by atoms with Crippen LogP contribution in [0.3, 0.4) is 0 Å². The summed E-state index contributed by atoms with van der Waals surface area (Å²) in [5.41, 5.74) is -0.682. The summed E-state index contributed by atoms with van der Waals surface area (Å²) >= 11 is 5.87. The van der Waals surface area contributed by atoms with Gasteiger partial charge in [0.2, 0.25) is 0 Å². The molecule has 6 nitrogen and oxygen atoms in total. The van der Waals surface area contributed by atoms with E-state index in [1.165, 1.54) is 18.2 Å². The average molecular weight is 393 g/mol. The lowest BCUT2D eigenvalue weighted by molar-refractivity contribution is -0.132. The van der Waals surface area contributed by atoms with Gasteiger partial charge in [-0.15, -0.1) is 0 Å². The van der Waals surface area contributed by atoms with Crippen LogP contribution in [0.2, 0.25) is 5.02 Å². The minimum atomic E-state index is -1.26. The molecule has 1 aliphatic heterocycles. The molecule has 27 heavy (non-hydrogen) atoms. The maximum absolute atomic E-state index is 13.5. The van der Waals surface area contributed by atoms with Crippen molar-refractivity contribution in [2.75, 3.05) is 13.2 Å². The fraction of sp³-hybridized carbons (Fsp3) is 0.263. The zero-order valence-electron chi connectivity index (χ0n) is 14.5. The second-order valence-corrected chi connectivity index (χ2v) is 6.81. The summed E-state index contributed by atoms with van der Waals surface area (Å²) < 4.78 is 18.8. The Hall–Kier alpha value is -2.64. The molecule has 0 spiro atoms. The molecule has 1 fully saturated rings. The topological polar surface area (TPSA) is 78.9 Å². The van der Waals surface area contributed by atoms with Crippen molar-refractivity contribution in [3.8, 4) is 5.75 Å². The standard InChI is InChI=1S/C19H18ClFN2O4/c1-19(12-6-8-13(20)9-7-12)17(25)23(18(26)22-19)10-14(24)11-27-16-5-3-2-4-15(16)21/h2-9,14,24H,10-11H2,1H3,(H,22,26)/t14-,19+/m0/s1. The van der Waals surface area contributed by atoms with E-state index in [1.54, 1.807) is 37.3 Å². The number of halogens is 2. The van der Waals surface area contributed by atoms with Crippen molar-refractivity contribution in [1.82, 2.24) is 10.2 Å². The van der Waals surface area contributed by atoms with Gasteiger partial charge in [-0.25, -0.2) is 9.18 Å². The fourth-order valence-electron chi connectivity index (χ4n) is 2.85. The van der Waals surface area contributed by atoms with Crippen LogP contribution in [0.15, 0.2) is 48.5 Å². The third kappa shape index (κ3) is 3.89. The Bertz CT molecular complexity index is 861. The number of aliphatic hydroxyl groups is 1. The van der Waals surface area contributed by atoms with Gasteiger partial charge in [-0.05, 0) is 36.8 Å². The van der Waals surface area contributed by atoms with Gasteiger partial charge in [-0.3, -0.25) is 9.69 Å². The zero-order valence-corrected chi connectivity index (χ0v) is 15.2. The number of nitrogens with zero attached hydrogens (tertiary/aromatic N) is 1. The molecule has 0 aromatic heterocycles. The smallest absolute Gasteiger partial charge is 0.325 e. The van der Waals surface area contributed by atoms with Gasteiger partial charge in [-0.1, -0.05) is 35.9 Å². The summed E-state index contributed by atoms with van der Waals surface area (Å²) in [6.07, 6.45) is -1.17. The molecule has 8 heteroatoms. The van der Waals surface area contributed by atoms with E-state index in [9.17, 15) is 19.1 Å². The number of β-amino-alcohol motifs (C(OH)–C–C–N with tert-alkyl or cyclic N) is 1. The van der Waals surface area contributed by atoms with Gasteiger partial charge in [0.15, 0.2) is 11.6 Å². The molecule has 2 aromatic carbocycles. The van der Waals surface area contributed by atoms with E-state index in [4.69, 9.17) is 16.3 Å². The van der Waals surface area contributed by atoms with Crippen LogP contribution in [0.25, 0.3) is 0 Å². The molecule has 2 aromatic rings. The number of amides is 3. The van der Waals surface area contributed by atoms with Gasteiger partial charge in [0.1, 0.15) is 18.2 Å². The molecule has 2 N–H and O–H groups in total. The van der Waals surface area contributed by atoms with Crippen LogP contribution in [-0.2, 0) is 10.3 Å². The molecule has 0 unspecified atom stereocenters. The number of urea groups is 1. The lowest BCUT2D eigenvalue weighted by Crippen LogP contribution is -2.42. The maximum Gasteiger partial charge on any atom is 0.325 e. The average Bonchev–Trinajstić information content (AvgIpc) is 2.85. The van der Waals surface area contributed by atoms with Crippen molar-refractivity contribution in [2.24, 2.45) is 0 Å². The fourth-order valence-corrected chi connectivity index (χ4v) is 2.98. The van der Waals surface area contributed by atoms with Crippen LogP contribution in [0.5, 0.6) is 5.75 Å². The Balaban J connectivity index is 1.66. The molecule has 0 aliphatic carbocycles. The van der Waals surface area contributed by atoms with Crippen molar-refractivity contribution in [3.05, 3.63) is 64.9 Å². The Kier molecular flexibility index (Phi) is 5.34. The highest BCUT2D eigenvalue weighted by atomic mass is 35.5. The third-order valence-electron chi connectivity index (χ3n) is 4.36. The quantitative estimate of drug-likeness (QED) is 0.741. The van der Waals surface area contributed by atoms with Crippen LogP contribution in [-0.4, -0.2) is 41.2 Å². The number of ether oxygens (including phenoxy) is 1. The zero-order chi connectivity index (χ0) is 19.6. The van der Waals surface area contributed by atoms with Crippen molar-refractivity contribution >= 4 is 23.5 Å². The van der Waals surface area contributed by atoms with Crippen LogP contribution in [0.1, 0.15) is 12.5 Å². The number of imide groups is 1. The molecule has 3 rings (SSSR count). The van der Waals surface area contributed by atoms with Gasteiger partial charge in [-0.2, -0.15) is 0 Å². The monoisotopic (exact) mass is 392 g/mol. The SMILES string of the molecule is C[C@]1(c2ccc(Cl)cc2)NC(=O)N(C[C@H](O)COc2ccccc2F)C1=O. The second-order valence-electron chi connectivity index (χ2n) is 6.37. The Labute approximate surface area is 160 Å². The number of para-hydroxylation sites is 1. The number of hydrogen-bond donors (Lipinski definition) is 2. The Morgan fingerprint density at radius 3 is 2.56 bits per heavy atom. The van der Waals surface area contributed by atoms with Gasteiger partial charge < -0.3 is 15.2 Å². The van der Waals surface area contributed by atoms with E-state index in [1.807, 2.05) is 0 Å². The molecule has 142 valence electrons. The first kappa shape index (κ1) is 19.1. The van der Waals surface area contributed by atoms with Crippen LogP contribution < -0.4 is 10.1 Å². The summed E-state index contributed by atoms with van der Waals surface area (Å²) in [5.74, 6) is -1.07. The highest BCUT2D eigenvalue weighted by Crippen LogP contribution is 2.29. The van der Waals surface area contributed by atoms with Crippen LogP contribution in [0.4, 0.5) is 9.18 Å². The second kappa shape index (κ2) is 7.54. The van der Waals surface area contributed by atoms with Gasteiger partial charge in [0, 0.05) is 5.02 Å². The van der Waals surface area contributed by atoms with Crippen molar-refractivity contribution < 1.29 is 23.8 Å². The minimum Gasteiger partial charge on any atom is -0.488 e. The highest BCUT2D eigenvalue weighted by Gasteiger charge is 2.49. The summed E-state index contributed by atoms with van der Waals surface area (Å²) in [6.45, 7) is 1.04. The van der Waals surface area contributed by atoms with E-state index in [0.29, 0.717) is 10.6 Å². The van der Waals surface area contributed by atoms with Gasteiger partial charge >= 0.3 is 6.03 Å². The maximum atomic E-state index is 13.5. The van der Waals surface area contributed by atoms with Crippen molar-refractivity contribution in [2.45, 2.75) is 18.6 Å². The number of nitrogens with one attached hydrogen (secondary N) is 1. The highest BCUT2D eigenvalue weighted by molar-refractivity contribution is 6.30. The Morgan fingerprint density at radius 2 is 1.89 bits per heavy atom. The van der Waals surface area contributed by atoms with E-state index >= 15 is 0 Å². The summed E-state index contributed by atoms with van der Waals surface area (Å²) in [4.78, 5) is 26.0. The van der Waals surface area contributed by atoms with Crippen LogP contribution >= 0.6 is 11.6 Å². The lowest BCUT2D eigenvalue weighted by Gasteiger charge is -2.23. The van der Waals surface area contributed by atoms with E-state index in [2.05, 4.69) is 5.32 Å². The number of hydrogen-bond acceptors (Lipinski definition) is 4. The number of rotatable bonds is 6. The lowest BCUT2D eigenvalue weighted by atomic mass is 9.92. The molecule has 0 saturated carbocycles. The minimum absolute atomic E-state index is 0.0141.